The molecule has 1 aliphatic rings. The standard InChI is InChI=1S/C31H32N2O7S/c1-20(2)27(34)40-21(3)24-11-12-25(32-18-24)15-16-38-26-13-9-22(10-14-26)17-31(28(35)33-30(37)41-31)29(36)39-19-23-7-5-4-6-8-23/h4-14,18,20-21H,15-17,19H2,1-3H3,(H,33,35,37). The average molecular weight is 577 g/mol. The minimum absolute atomic E-state index is 0.00156. The molecule has 1 aliphatic heterocycles. The number of hydrogen-bond acceptors (Lipinski definition) is 9. The summed E-state index contributed by atoms with van der Waals surface area (Å²) in [5.41, 5.74) is 3.10. The summed E-state index contributed by atoms with van der Waals surface area (Å²) in [6.45, 7) is 5.78. The first-order valence-electron chi connectivity index (χ1n) is 13.3. The molecule has 1 saturated heterocycles. The summed E-state index contributed by atoms with van der Waals surface area (Å²) in [6.07, 6.45) is 1.88. The normalized spacial score (nSPS) is 17.2. The highest BCUT2D eigenvalue weighted by atomic mass is 32.2. The first-order chi connectivity index (χ1) is 19.7. The van der Waals surface area contributed by atoms with Crippen LogP contribution < -0.4 is 10.1 Å². The molecule has 214 valence electrons. The second kappa shape index (κ2) is 13.5. The Labute approximate surface area is 243 Å². The second-order valence-corrected chi connectivity index (χ2v) is 11.2. The van der Waals surface area contributed by atoms with Gasteiger partial charge in [-0.25, -0.2) is 4.79 Å². The molecule has 2 heterocycles. The van der Waals surface area contributed by atoms with Crippen LogP contribution >= 0.6 is 11.8 Å². The van der Waals surface area contributed by atoms with Crippen molar-refractivity contribution in [3.8, 4) is 5.75 Å². The highest BCUT2D eigenvalue weighted by molar-refractivity contribution is 8.16. The average Bonchev–Trinajstić information content (AvgIpc) is 3.26. The zero-order valence-electron chi connectivity index (χ0n) is 23.1. The molecule has 1 fully saturated rings. The smallest absolute Gasteiger partial charge is 0.333 e. The van der Waals surface area contributed by atoms with Crippen LogP contribution in [0.5, 0.6) is 5.75 Å². The Hall–Kier alpha value is -4.18. The van der Waals surface area contributed by atoms with Crippen LogP contribution in [0.1, 0.15) is 49.3 Å². The fourth-order valence-corrected chi connectivity index (χ4v) is 5.04. The first-order valence-corrected chi connectivity index (χ1v) is 14.1. The Morgan fingerprint density at radius 1 is 0.951 bits per heavy atom. The van der Waals surface area contributed by atoms with E-state index in [1.165, 1.54) is 0 Å². The van der Waals surface area contributed by atoms with Crippen molar-refractivity contribution in [1.29, 1.82) is 0 Å². The molecule has 0 spiro atoms. The zero-order valence-corrected chi connectivity index (χ0v) is 23.9. The monoisotopic (exact) mass is 576 g/mol. The van der Waals surface area contributed by atoms with Gasteiger partial charge in [0.25, 0.3) is 11.1 Å². The van der Waals surface area contributed by atoms with Crippen molar-refractivity contribution in [2.45, 2.75) is 51.1 Å². The summed E-state index contributed by atoms with van der Waals surface area (Å²) in [4.78, 5) is 54.1. The highest BCUT2D eigenvalue weighted by Crippen LogP contribution is 2.37. The van der Waals surface area contributed by atoms with Crippen LogP contribution in [-0.4, -0.2) is 39.4 Å². The molecule has 1 aromatic heterocycles. The number of pyridine rings is 1. The van der Waals surface area contributed by atoms with E-state index in [4.69, 9.17) is 14.2 Å². The van der Waals surface area contributed by atoms with Gasteiger partial charge in [-0.05, 0) is 48.0 Å². The van der Waals surface area contributed by atoms with E-state index < -0.39 is 21.9 Å². The van der Waals surface area contributed by atoms with E-state index in [0.717, 1.165) is 16.8 Å². The van der Waals surface area contributed by atoms with Gasteiger partial charge in [-0.15, -0.1) is 0 Å². The number of hydrogen-bond donors (Lipinski definition) is 1. The van der Waals surface area contributed by atoms with Gasteiger partial charge in [0.2, 0.25) is 4.75 Å². The van der Waals surface area contributed by atoms with E-state index >= 15 is 0 Å². The van der Waals surface area contributed by atoms with E-state index in [0.29, 0.717) is 36.1 Å². The summed E-state index contributed by atoms with van der Waals surface area (Å²) >= 11 is 0.645. The van der Waals surface area contributed by atoms with Gasteiger partial charge in [0, 0.05) is 30.3 Å². The summed E-state index contributed by atoms with van der Waals surface area (Å²) in [6, 6.07) is 19.9. The maximum absolute atomic E-state index is 13.1. The lowest BCUT2D eigenvalue weighted by Crippen LogP contribution is -2.46. The van der Waals surface area contributed by atoms with Gasteiger partial charge in [-0.3, -0.25) is 24.7 Å². The molecule has 10 heteroatoms. The number of imide groups is 1. The third kappa shape index (κ3) is 7.73. The molecule has 1 N–H and O–H groups in total. The van der Waals surface area contributed by atoms with Gasteiger partial charge in [0.05, 0.1) is 12.5 Å². The van der Waals surface area contributed by atoms with E-state index in [9.17, 15) is 19.2 Å². The number of amides is 2. The summed E-state index contributed by atoms with van der Waals surface area (Å²) < 4.78 is 15.0. The third-order valence-electron chi connectivity index (χ3n) is 6.48. The molecule has 4 rings (SSSR count). The third-order valence-corrected chi connectivity index (χ3v) is 7.61. The second-order valence-electron chi connectivity index (χ2n) is 9.97. The largest absolute Gasteiger partial charge is 0.493 e. The van der Waals surface area contributed by atoms with Crippen molar-refractivity contribution < 1.29 is 33.4 Å². The molecule has 2 amide bonds. The first kappa shape index (κ1) is 29.8. The Morgan fingerprint density at radius 2 is 1.68 bits per heavy atom. The maximum Gasteiger partial charge on any atom is 0.333 e. The quantitative estimate of drug-likeness (QED) is 0.235. The Balaban J connectivity index is 1.31. The van der Waals surface area contributed by atoms with E-state index in [2.05, 4.69) is 10.3 Å². The molecule has 0 radical (unpaired) electrons. The van der Waals surface area contributed by atoms with Crippen molar-refractivity contribution in [1.82, 2.24) is 10.3 Å². The SMILES string of the molecule is CC(C)C(=O)OC(C)c1ccc(CCOc2ccc(CC3(C(=O)OCc4ccccc4)SC(=O)NC3=O)cc2)nc1. The Bertz CT molecular complexity index is 1380. The number of esters is 2. The minimum Gasteiger partial charge on any atom is -0.493 e. The Morgan fingerprint density at radius 3 is 2.29 bits per heavy atom. The lowest BCUT2D eigenvalue weighted by Gasteiger charge is -2.22. The van der Waals surface area contributed by atoms with E-state index in [1.54, 1.807) is 44.3 Å². The van der Waals surface area contributed by atoms with Crippen LogP contribution in [0.2, 0.25) is 0 Å². The number of ether oxygens (including phenoxy) is 3. The van der Waals surface area contributed by atoms with Gasteiger partial charge in [-0.2, -0.15) is 0 Å². The van der Waals surface area contributed by atoms with Crippen LogP contribution in [0.15, 0.2) is 72.9 Å². The maximum atomic E-state index is 13.1. The molecule has 3 aromatic rings. The number of nitrogens with one attached hydrogen (secondary N) is 1. The number of rotatable bonds is 12. The number of nitrogens with zero attached hydrogens (tertiary/aromatic N) is 1. The summed E-state index contributed by atoms with van der Waals surface area (Å²) in [7, 11) is 0. The van der Waals surface area contributed by atoms with Crippen LogP contribution in [0.3, 0.4) is 0 Å². The van der Waals surface area contributed by atoms with Crippen LogP contribution in [0, 0.1) is 5.92 Å². The highest BCUT2D eigenvalue weighted by Gasteiger charge is 2.55. The molecular formula is C31H32N2O7S. The molecule has 2 atom stereocenters. The predicted molar refractivity (Wildman–Crippen MR) is 153 cm³/mol. The van der Waals surface area contributed by atoms with Crippen molar-refractivity contribution >= 4 is 34.8 Å². The fraction of sp³-hybridized carbons (Fsp3) is 0.323. The van der Waals surface area contributed by atoms with Crippen molar-refractivity contribution in [3.63, 3.8) is 0 Å². The fourth-order valence-electron chi connectivity index (χ4n) is 4.05. The van der Waals surface area contributed by atoms with Crippen molar-refractivity contribution in [2.75, 3.05) is 6.61 Å². The number of carbonyl (C=O) groups is 4. The van der Waals surface area contributed by atoms with Gasteiger partial charge >= 0.3 is 11.9 Å². The molecule has 41 heavy (non-hydrogen) atoms. The van der Waals surface area contributed by atoms with Gasteiger partial charge < -0.3 is 14.2 Å². The number of aromatic nitrogens is 1. The molecule has 0 bridgehead atoms. The van der Waals surface area contributed by atoms with E-state index in [-0.39, 0.29) is 31.0 Å². The van der Waals surface area contributed by atoms with Crippen molar-refractivity contribution in [3.05, 3.63) is 95.3 Å². The number of benzene rings is 2. The summed E-state index contributed by atoms with van der Waals surface area (Å²) in [5.74, 6) is -1.28. The van der Waals surface area contributed by atoms with Crippen LogP contribution in [-0.2, 0) is 43.3 Å². The zero-order chi connectivity index (χ0) is 29.4. The lowest BCUT2D eigenvalue weighted by atomic mass is 9.97. The molecular weight excluding hydrogens is 544 g/mol. The summed E-state index contributed by atoms with van der Waals surface area (Å²) in [5, 5.41) is 1.63. The topological polar surface area (TPSA) is 121 Å². The van der Waals surface area contributed by atoms with Gasteiger partial charge in [0.1, 0.15) is 18.5 Å². The lowest BCUT2D eigenvalue weighted by molar-refractivity contribution is -0.153. The van der Waals surface area contributed by atoms with Gasteiger partial charge in [-0.1, -0.05) is 62.4 Å². The molecule has 9 nitrogen and oxygen atoms in total. The molecule has 2 aromatic carbocycles. The number of thioether (sulfide) groups is 1. The van der Waals surface area contributed by atoms with E-state index in [1.807, 2.05) is 49.4 Å². The Kier molecular flexibility index (Phi) is 9.78. The van der Waals surface area contributed by atoms with Crippen molar-refractivity contribution in [2.24, 2.45) is 5.92 Å². The van der Waals surface area contributed by atoms with Crippen LogP contribution in [0.25, 0.3) is 0 Å². The predicted octanol–water partition coefficient (Wildman–Crippen LogP) is 4.97. The molecule has 2 unspecified atom stereocenters. The van der Waals surface area contributed by atoms with Crippen LogP contribution in [0.4, 0.5) is 4.79 Å². The minimum atomic E-state index is -1.70. The molecule has 0 aliphatic carbocycles. The van der Waals surface area contributed by atoms with Gasteiger partial charge in [0.15, 0.2) is 0 Å². The molecule has 0 saturated carbocycles. The number of carbonyl (C=O) groups excluding carboxylic acids is 4.